The van der Waals surface area contributed by atoms with Crippen molar-refractivity contribution in [1.29, 1.82) is 0 Å². The summed E-state index contributed by atoms with van der Waals surface area (Å²) in [5.41, 5.74) is 3.77. The van der Waals surface area contributed by atoms with Gasteiger partial charge in [-0.05, 0) is 79.4 Å². The molecule has 8 atom stereocenters. The summed E-state index contributed by atoms with van der Waals surface area (Å²) in [4.78, 5) is 115. The van der Waals surface area contributed by atoms with Gasteiger partial charge in [0.25, 0.3) is 11.5 Å². The number of phenolic OH excluding ortho intramolecular Hbond substituents is 1. The number of aromatic carboxylic acids is 1. The number of nitrogen functional groups attached to an aromatic ring is 1. The highest BCUT2D eigenvalue weighted by molar-refractivity contribution is 7.47. The zero-order valence-corrected chi connectivity index (χ0v) is 45.1. The number of phosphoric ester groups is 2. The quantitative estimate of drug-likeness (QED) is 0.0161. The number of nitrogens with one attached hydrogen (secondary N) is 3. The summed E-state index contributed by atoms with van der Waals surface area (Å²) in [5.74, 6) is -2.25. The minimum atomic E-state index is -4.91. The van der Waals surface area contributed by atoms with Crippen molar-refractivity contribution >= 4 is 56.3 Å². The lowest BCUT2D eigenvalue weighted by atomic mass is 9.89. The normalized spacial score (nSPS) is 20.5. The number of nitrogens with zero attached hydrogens (tertiary/aromatic N) is 3. The Hall–Kier alpha value is -7.50. The minimum absolute atomic E-state index is 0.0190. The van der Waals surface area contributed by atoms with Gasteiger partial charge in [-0.15, -0.1) is 0 Å². The van der Waals surface area contributed by atoms with Gasteiger partial charge in [0.1, 0.15) is 53.7 Å². The van der Waals surface area contributed by atoms with Gasteiger partial charge in [-0.3, -0.25) is 51.4 Å². The molecular weight excluding hydrogens is 1120 g/mol. The lowest BCUT2D eigenvalue weighted by Gasteiger charge is -2.20. The standard InChI is InChI=1S/C51H57N7O22P2/c52-42-14-17-57(50(68)55-42)44-23-36(62)41(79-44)27-76-81(70,71)74-18-5-19-75-82(72,73)80-39-24-45(78-40(39)26-59)58-25-29(48(65)56-51(58)69)7-13-43(63)53-15-3-1-2-4-16-54-47(64)28-6-10-32(49(66)67)35(20-28)46-33-11-8-30(60)21-37(33)77-38-22-31(61)9-12-34(38)46/h6-14,17,20-22,25,36,39-41,44-45,59-60,62H,1-5,15-16,18-19,23-24,26-27H2,(H,53,63)(H,54,64)(H,66,67)(H,70,71)(H,72,73)(H2,52,55,68)(H,56,65,69)/t36-,39-,40-,41-,44-,45-/m1/s1. The number of fused-ring (bicyclic) bond motifs is 2. The van der Waals surface area contributed by atoms with Gasteiger partial charge in [0, 0.05) is 78.6 Å². The Balaban J connectivity index is 0.744. The Kier molecular flexibility index (Phi) is 19.7. The van der Waals surface area contributed by atoms with Crippen LogP contribution in [0.3, 0.4) is 0 Å². The molecule has 31 heteroatoms. The molecule has 8 rings (SSSR count). The number of unbranched alkanes of at least 4 members (excludes halogenated alkanes) is 3. The molecule has 438 valence electrons. The van der Waals surface area contributed by atoms with Gasteiger partial charge in [0.15, 0.2) is 5.43 Å². The fourth-order valence-electron chi connectivity index (χ4n) is 9.06. The van der Waals surface area contributed by atoms with Gasteiger partial charge < -0.3 is 60.5 Å². The van der Waals surface area contributed by atoms with Crippen molar-refractivity contribution in [3.63, 3.8) is 0 Å². The number of anilines is 1. The number of amides is 2. The predicted molar refractivity (Wildman–Crippen MR) is 287 cm³/mol. The number of aromatic hydroxyl groups is 1. The molecule has 0 radical (unpaired) electrons. The second-order valence-corrected chi connectivity index (χ2v) is 21.7. The molecule has 82 heavy (non-hydrogen) atoms. The molecule has 5 heterocycles. The lowest BCUT2D eigenvalue weighted by molar-refractivity contribution is -0.116. The summed E-state index contributed by atoms with van der Waals surface area (Å²) in [6.07, 6.45) is -0.583. The summed E-state index contributed by atoms with van der Waals surface area (Å²) >= 11 is 0. The first kappa shape index (κ1) is 60.6. The van der Waals surface area contributed by atoms with E-state index in [2.05, 4.69) is 20.6 Å². The number of phosphoric acid groups is 2. The molecule has 2 saturated heterocycles. The van der Waals surface area contributed by atoms with Gasteiger partial charge in [-0.2, -0.15) is 4.98 Å². The second kappa shape index (κ2) is 26.6. The number of benzene rings is 3. The van der Waals surface area contributed by atoms with Crippen molar-refractivity contribution < 1.29 is 85.7 Å². The highest BCUT2D eigenvalue weighted by Crippen LogP contribution is 2.49. The summed E-state index contributed by atoms with van der Waals surface area (Å²) < 4.78 is 64.6. The van der Waals surface area contributed by atoms with E-state index in [1.54, 1.807) is 6.07 Å². The maximum atomic E-state index is 13.3. The molecule has 29 nitrogen and oxygen atoms in total. The molecule has 1 aliphatic carbocycles. The zero-order chi connectivity index (χ0) is 58.9. The van der Waals surface area contributed by atoms with E-state index in [4.69, 9.17) is 37.7 Å². The Bertz CT molecular complexity index is 3680. The number of aromatic amines is 1. The largest absolute Gasteiger partial charge is 0.508 e. The smallest absolute Gasteiger partial charge is 0.472 e. The average molecular weight is 1180 g/mol. The molecule has 0 spiro atoms. The van der Waals surface area contributed by atoms with Gasteiger partial charge in [0.2, 0.25) is 5.91 Å². The molecule has 2 aromatic carbocycles. The molecule has 2 fully saturated rings. The van der Waals surface area contributed by atoms with Crippen molar-refractivity contribution in [1.82, 2.24) is 29.7 Å². The van der Waals surface area contributed by atoms with Crippen LogP contribution in [0.1, 0.15) is 83.7 Å². The van der Waals surface area contributed by atoms with E-state index in [0.717, 1.165) is 27.5 Å². The molecule has 4 aromatic rings. The zero-order valence-electron chi connectivity index (χ0n) is 43.3. The topological polar surface area (TPSA) is 432 Å². The van der Waals surface area contributed by atoms with E-state index in [1.165, 1.54) is 60.8 Å². The van der Waals surface area contributed by atoms with Crippen LogP contribution in [0.25, 0.3) is 39.5 Å². The van der Waals surface area contributed by atoms with Gasteiger partial charge in [-0.1, -0.05) is 12.8 Å². The number of aliphatic hydroxyl groups is 2. The van der Waals surface area contributed by atoms with E-state index in [0.29, 0.717) is 42.2 Å². The van der Waals surface area contributed by atoms with Crippen LogP contribution < -0.4 is 38.7 Å². The number of rotatable bonds is 26. The van der Waals surface area contributed by atoms with Crippen LogP contribution in [0.2, 0.25) is 0 Å². The van der Waals surface area contributed by atoms with Crippen LogP contribution in [0.5, 0.6) is 5.75 Å². The molecule has 2 aromatic heterocycles. The van der Waals surface area contributed by atoms with Crippen LogP contribution >= 0.6 is 15.6 Å². The molecule has 2 amide bonds. The Morgan fingerprint density at radius 1 is 0.829 bits per heavy atom. The maximum Gasteiger partial charge on any atom is 0.472 e. The molecule has 3 aliphatic heterocycles. The van der Waals surface area contributed by atoms with Crippen LogP contribution in [0.15, 0.2) is 103 Å². The van der Waals surface area contributed by atoms with Crippen molar-refractivity contribution in [2.75, 3.05) is 45.3 Å². The third-order valence-corrected chi connectivity index (χ3v) is 15.1. The van der Waals surface area contributed by atoms with E-state index >= 15 is 0 Å². The average Bonchev–Trinajstić information content (AvgIpc) is 2.28. The monoisotopic (exact) mass is 1180 g/mol. The van der Waals surface area contributed by atoms with E-state index in [-0.39, 0.29) is 82.9 Å². The molecule has 0 saturated carbocycles. The number of carboxylic acids is 1. The fourth-order valence-corrected chi connectivity index (χ4v) is 10.8. The third-order valence-electron chi connectivity index (χ3n) is 13.1. The third kappa shape index (κ3) is 15.3. The number of aliphatic hydroxyl groups excluding tert-OH is 2. The number of carbonyl (C=O) groups is 3. The number of aromatic nitrogens is 4. The van der Waals surface area contributed by atoms with Crippen molar-refractivity contribution in [2.45, 2.75) is 81.8 Å². The highest BCUT2D eigenvalue weighted by Gasteiger charge is 2.42. The fraction of sp³-hybridized carbons (Fsp3) is 0.373. The summed E-state index contributed by atoms with van der Waals surface area (Å²) in [7, 11) is -9.65. The molecule has 4 aliphatic rings. The molecular formula is C51H57N7O22P2. The van der Waals surface area contributed by atoms with Crippen molar-refractivity contribution in [2.24, 2.45) is 0 Å². The van der Waals surface area contributed by atoms with Gasteiger partial charge in [0.05, 0.1) is 43.7 Å². The maximum absolute atomic E-state index is 13.3. The number of hydrogen-bond donors (Lipinski definition) is 10. The van der Waals surface area contributed by atoms with Crippen LogP contribution in [0.4, 0.5) is 5.82 Å². The summed E-state index contributed by atoms with van der Waals surface area (Å²) in [6.45, 7) is -1.86. The SMILES string of the molecule is Nc1ccn([C@H]2C[C@@H](O)[C@@H](COP(=O)(O)OCCCOP(=O)(O)O[C@@H]3C[C@H](n4cc(C=CC(=O)NCCCCCCNC(=O)c5ccc(C(=O)O)c(-c6c7ccc(=O)cc-7oc7cc(O)ccc67)c5)c(=O)[nH]c4=O)O[C@@H]3CO)O2)c(=O)n1. The number of phenols is 1. The number of carboxylic acid groups (broad SMARTS) is 1. The number of ether oxygens (including phenoxy) is 2. The number of carbonyl (C=O) groups excluding carboxylic acids is 2. The number of H-pyrrole nitrogens is 1. The Morgan fingerprint density at radius 3 is 2.28 bits per heavy atom. The summed E-state index contributed by atoms with van der Waals surface area (Å²) in [5, 5.41) is 46.6. The molecule has 0 bridgehead atoms. The minimum Gasteiger partial charge on any atom is -0.508 e. The lowest BCUT2D eigenvalue weighted by Crippen LogP contribution is -2.33. The predicted octanol–water partition coefficient (Wildman–Crippen LogP) is 2.73. The Morgan fingerprint density at radius 2 is 1.55 bits per heavy atom. The van der Waals surface area contributed by atoms with E-state index in [1.807, 2.05) is 0 Å². The van der Waals surface area contributed by atoms with Crippen LogP contribution in [0, 0.1) is 0 Å². The first-order valence-electron chi connectivity index (χ1n) is 25.5. The molecule has 2 unspecified atom stereocenters. The van der Waals surface area contributed by atoms with Gasteiger partial charge in [-0.25, -0.2) is 23.5 Å². The number of hydrogen-bond acceptors (Lipinski definition) is 21. The first-order valence-corrected chi connectivity index (χ1v) is 28.5. The molecule has 11 N–H and O–H groups in total. The van der Waals surface area contributed by atoms with E-state index in [9.17, 15) is 72.9 Å². The first-order chi connectivity index (χ1) is 39.1. The second-order valence-electron chi connectivity index (χ2n) is 18.8. The highest BCUT2D eigenvalue weighted by atomic mass is 31.2. The summed E-state index contributed by atoms with van der Waals surface area (Å²) in [6, 6.07) is 13.9. The van der Waals surface area contributed by atoms with Crippen LogP contribution in [-0.4, -0.2) is 131 Å². The van der Waals surface area contributed by atoms with E-state index < -0.39 is 114 Å². The van der Waals surface area contributed by atoms with Crippen LogP contribution in [-0.2, 0) is 41.5 Å². The van der Waals surface area contributed by atoms with Gasteiger partial charge >= 0.3 is 33.0 Å². The Labute approximate surface area is 463 Å². The van der Waals surface area contributed by atoms with Crippen molar-refractivity contribution in [3.05, 3.63) is 137 Å². The number of nitrogens with two attached hydrogens (primary N) is 1. The van der Waals surface area contributed by atoms with Crippen molar-refractivity contribution in [3.8, 4) is 28.2 Å².